The molecule has 1 aromatic heterocycles. The second-order valence-electron chi connectivity index (χ2n) is 4.66. The van der Waals surface area contributed by atoms with Gasteiger partial charge in [0.1, 0.15) is 0 Å². The smallest absolute Gasteiger partial charge is 0.315 e. The van der Waals surface area contributed by atoms with Crippen LogP contribution in [0.25, 0.3) is 0 Å². The minimum absolute atomic E-state index is 0.0909. The van der Waals surface area contributed by atoms with E-state index in [1.165, 1.54) is 30.2 Å². The van der Waals surface area contributed by atoms with Crippen LogP contribution in [-0.4, -0.2) is 24.7 Å². The van der Waals surface area contributed by atoms with E-state index in [-0.39, 0.29) is 11.9 Å². The third-order valence-electron chi connectivity index (χ3n) is 2.97. The lowest BCUT2D eigenvalue weighted by Crippen LogP contribution is -2.11. The van der Waals surface area contributed by atoms with Crippen LogP contribution in [-0.2, 0) is 15.3 Å². The summed E-state index contributed by atoms with van der Waals surface area (Å²) in [5, 5.41) is 4.81. The molecule has 2 rings (SSSR count). The Morgan fingerprint density at radius 3 is 2.82 bits per heavy atom. The third kappa shape index (κ3) is 4.61. The van der Waals surface area contributed by atoms with Gasteiger partial charge >= 0.3 is 5.97 Å². The summed E-state index contributed by atoms with van der Waals surface area (Å²) in [5.74, 6) is 0.688. The van der Waals surface area contributed by atoms with Crippen molar-refractivity contribution in [2.45, 2.75) is 12.7 Å². The Hall–Kier alpha value is -1.79. The van der Waals surface area contributed by atoms with Crippen LogP contribution in [0.2, 0.25) is 0 Å². The van der Waals surface area contributed by atoms with E-state index in [2.05, 4.69) is 10.1 Å². The molecule has 0 atom stereocenters. The number of carbonyl (C=O) groups excluding carboxylic acids is 2. The van der Waals surface area contributed by atoms with Crippen molar-refractivity contribution in [1.82, 2.24) is 0 Å². The SMILES string of the molecule is COC(=O)CSCc1cccc(NC(=O)c2sccc2C)c1. The van der Waals surface area contributed by atoms with Gasteiger partial charge in [-0.2, -0.15) is 0 Å². The number of nitrogens with one attached hydrogen (secondary N) is 1. The van der Waals surface area contributed by atoms with Gasteiger partial charge in [-0.15, -0.1) is 23.1 Å². The number of thioether (sulfide) groups is 1. The number of hydrogen-bond acceptors (Lipinski definition) is 5. The predicted molar refractivity (Wildman–Crippen MR) is 91.6 cm³/mol. The first-order chi connectivity index (χ1) is 10.6. The van der Waals surface area contributed by atoms with Crippen molar-refractivity contribution in [3.8, 4) is 0 Å². The van der Waals surface area contributed by atoms with Gasteiger partial charge in [0.05, 0.1) is 17.7 Å². The van der Waals surface area contributed by atoms with Gasteiger partial charge in [0.15, 0.2) is 0 Å². The lowest BCUT2D eigenvalue weighted by Gasteiger charge is -2.07. The van der Waals surface area contributed by atoms with Gasteiger partial charge in [-0.25, -0.2) is 0 Å². The molecule has 0 saturated carbocycles. The number of esters is 1. The maximum absolute atomic E-state index is 12.2. The molecule has 116 valence electrons. The molecular formula is C16H17NO3S2. The Bertz CT molecular complexity index is 667. The molecule has 6 heteroatoms. The van der Waals surface area contributed by atoms with Gasteiger partial charge in [-0.1, -0.05) is 12.1 Å². The maximum Gasteiger partial charge on any atom is 0.315 e. The largest absolute Gasteiger partial charge is 0.468 e. The second kappa shape index (κ2) is 8.00. The van der Waals surface area contributed by atoms with Gasteiger partial charge in [0, 0.05) is 11.4 Å². The Morgan fingerprint density at radius 2 is 2.14 bits per heavy atom. The summed E-state index contributed by atoms with van der Waals surface area (Å²) in [4.78, 5) is 24.0. The van der Waals surface area contributed by atoms with Crippen LogP contribution in [0.5, 0.6) is 0 Å². The molecule has 2 aromatic rings. The van der Waals surface area contributed by atoms with Crippen molar-refractivity contribution < 1.29 is 14.3 Å². The molecule has 0 unspecified atom stereocenters. The number of methoxy groups -OCH3 is 1. The fourth-order valence-corrected chi connectivity index (χ4v) is 3.47. The van der Waals surface area contributed by atoms with E-state index in [0.717, 1.165) is 21.7 Å². The summed E-state index contributed by atoms with van der Waals surface area (Å²) in [6.07, 6.45) is 0. The molecule has 1 amide bonds. The van der Waals surface area contributed by atoms with E-state index in [1.807, 2.05) is 42.6 Å². The number of thiophene rings is 1. The molecule has 0 saturated heterocycles. The minimum atomic E-state index is -0.234. The van der Waals surface area contributed by atoms with Crippen molar-refractivity contribution in [1.29, 1.82) is 0 Å². The number of ether oxygens (including phenoxy) is 1. The van der Waals surface area contributed by atoms with Crippen molar-refractivity contribution in [3.63, 3.8) is 0 Å². The summed E-state index contributed by atoms with van der Waals surface area (Å²) in [5.41, 5.74) is 2.79. The molecule has 1 heterocycles. The monoisotopic (exact) mass is 335 g/mol. The molecule has 1 aromatic carbocycles. The summed E-state index contributed by atoms with van der Waals surface area (Å²) in [6.45, 7) is 1.92. The summed E-state index contributed by atoms with van der Waals surface area (Å²) < 4.78 is 4.60. The first kappa shape index (κ1) is 16.6. The fraction of sp³-hybridized carbons (Fsp3) is 0.250. The summed E-state index contributed by atoms with van der Waals surface area (Å²) in [6, 6.07) is 9.57. The van der Waals surface area contributed by atoms with Crippen LogP contribution in [0.3, 0.4) is 0 Å². The van der Waals surface area contributed by atoms with Crippen molar-refractivity contribution >= 4 is 40.7 Å². The number of benzene rings is 1. The van der Waals surface area contributed by atoms with Crippen molar-refractivity contribution in [2.24, 2.45) is 0 Å². The van der Waals surface area contributed by atoms with Gasteiger partial charge in [0.25, 0.3) is 5.91 Å². The van der Waals surface area contributed by atoms with Crippen LogP contribution in [0.15, 0.2) is 35.7 Å². The Morgan fingerprint density at radius 1 is 1.32 bits per heavy atom. The second-order valence-corrected chi connectivity index (χ2v) is 6.56. The molecule has 22 heavy (non-hydrogen) atoms. The first-order valence-corrected chi connectivity index (χ1v) is 8.72. The highest BCUT2D eigenvalue weighted by atomic mass is 32.2. The molecule has 0 spiro atoms. The zero-order valence-corrected chi connectivity index (χ0v) is 14.1. The number of carbonyl (C=O) groups is 2. The van der Waals surface area contributed by atoms with Crippen LogP contribution in [0.4, 0.5) is 5.69 Å². The summed E-state index contributed by atoms with van der Waals surface area (Å²) >= 11 is 2.91. The van der Waals surface area contributed by atoms with Crippen molar-refractivity contribution in [3.05, 3.63) is 51.7 Å². The van der Waals surface area contributed by atoms with Crippen LogP contribution < -0.4 is 5.32 Å². The van der Waals surface area contributed by atoms with E-state index in [0.29, 0.717) is 11.5 Å². The standard InChI is InChI=1S/C16H17NO3S2/c1-11-6-7-22-15(11)16(19)17-13-5-3-4-12(8-13)9-21-10-14(18)20-2/h3-8H,9-10H2,1-2H3,(H,17,19). The predicted octanol–water partition coefficient (Wildman–Crippen LogP) is 3.72. The van der Waals surface area contributed by atoms with E-state index < -0.39 is 0 Å². The topological polar surface area (TPSA) is 55.4 Å². The van der Waals surface area contributed by atoms with Crippen LogP contribution >= 0.6 is 23.1 Å². The molecule has 0 aliphatic heterocycles. The third-order valence-corrected chi connectivity index (χ3v) is 4.96. The maximum atomic E-state index is 12.2. The minimum Gasteiger partial charge on any atom is -0.468 e. The Labute approximate surface area is 137 Å². The fourth-order valence-electron chi connectivity index (χ4n) is 1.84. The highest BCUT2D eigenvalue weighted by Gasteiger charge is 2.10. The van der Waals surface area contributed by atoms with Gasteiger partial charge in [-0.3, -0.25) is 9.59 Å². The van der Waals surface area contributed by atoms with Crippen LogP contribution in [0, 0.1) is 6.92 Å². The molecule has 4 nitrogen and oxygen atoms in total. The van der Waals surface area contributed by atoms with Gasteiger partial charge in [-0.05, 0) is 41.6 Å². The average molecular weight is 335 g/mol. The lowest BCUT2D eigenvalue weighted by atomic mass is 10.2. The quantitative estimate of drug-likeness (QED) is 0.818. The molecular weight excluding hydrogens is 318 g/mol. The molecule has 1 N–H and O–H groups in total. The zero-order chi connectivity index (χ0) is 15.9. The average Bonchev–Trinajstić information content (AvgIpc) is 2.93. The number of aryl methyl sites for hydroxylation is 1. The van der Waals surface area contributed by atoms with E-state index in [9.17, 15) is 9.59 Å². The number of rotatable bonds is 6. The molecule has 0 aliphatic carbocycles. The first-order valence-electron chi connectivity index (χ1n) is 6.69. The highest BCUT2D eigenvalue weighted by molar-refractivity contribution is 7.99. The van der Waals surface area contributed by atoms with Crippen LogP contribution in [0.1, 0.15) is 20.8 Å². The lowest BCUT2D eigenvalue weighted by molar-refractivity contribution is -0.137. The number of hydrogen-bond donors (Lipinski definition) is 1. The van der Waals surface area contributed by atoms with E-state index in [1.54, 1.807) is 0 Å². The molecule has 0 fully saturated rings. The van der Waals surface area contributed by atoms with E-state index in [4.69, 9.17) is 0 Å². The van der Waals surface area contributed by atoms with Crippen molar-refractivity contribution in [2.75, 3.05) is 18.2 Å². The summed E-state index contributed by atoms with van der Waals surface area (Å²) in [7, 11) is 1.38. The molecule has 0 aliphatic rings. The molecule has 0 radical (unpaired) electrons. The Kier molecular flexibility index (Phi) is 6.03. The van der Waals surface area contributed by atoms with E-state index >= 15 is 0 Å². The molecule has 0 bridgehead atoms. The highest BCUT2D eigenvalue weighted by Crippen LogP contribution is 2.20. The van der Waals surface area contributed by atoms with Gasteiger partial charge < -0.3 is 10.1 Å². The van der Waals surface area contributed by atoms with Gasteiger partial charge in [0.2, 0.25) is 0 Å². The number of amides is 1. The zero-order valence-electron chi connectivity index (χ0n) is 12.4. The normalized spacial score (nSPS) is 10.3. The Balaban J connectivity index is 1.95. The number of anilines is 1.